The number of methoxy groups -OCH3 is 2. The van der Waals surface area contributed by atoms with Crippen molar-refractivity contribution < 1.29 is 26.9 Å². The highest BCUT2D eigenvalue weighted by atomic mass is 32.2. The minimum atomic E-state index is -3.84. The molecule has 6 rings (SSSR count). The van der Waals surface area contributed by atoms with E-state index in [2.05, 4.69) is 37.0 Å². The van der Waals surface area contributed by atoms with Crippen molar-refractivity contribution in [1.29, 1.82) is 0 Å². The number of rotatable bonds is 8. The van der Waals surface area contributed by atoms with Gasteiger partial charge in [0.1, 0.15) is 11.5 Å². The van der Waals surface area contributed by atoms with E-state index < -0.39 is 10.1 Å². The van der Waals surface area contributed by atoms with Crippen LogP contribution < -0.4 is 9.47 Å². The molecule has 0 aromatic heterocycles. The van der Waals surface area contributed by atoms with Crippen LogP contribution in [0.5, 0.6) is 11.5 Å². The zero-order valence-corrected chi connectivity index (χ0v) is 25.9. The van der Waals surface area contributed by atoms with E-state index in [1.165, 1.54) is 12.1 Å². The summed E-state index contributed by atoms with van der Waals surface area (Å²) >= 11 is 0. The van der Waals surface area contributed by atoms with Crippen molar-refractivity contribution in [3.05, 3.63) is 66.2 Å². The van der Waals surface area contributed by atoms with Gasteiger partial charge in [-0.15, -0.1) is 0 Å². The maximum atomic E-state index is 13.2. The molecule has 2 aromatic rings. The lowest BCUT2D eigenvalue weighted by molar-refractivity contribution is -0.143. The summed E-state index contributed by atoms with van der Waals surface area (Å²) in [5.74, 6) is 3.33. The number of amides is 1. The SMILES string of the molecule is COc1ccc(CN2C(=O)C=C[C@]3(C)C4CC[C@]5(C)[C@@H](COS(=O)(=O)c6ccc(OC)cc6)CC[C@H]5C4CC[C@@H]23)cc1. The summed E-state index contributed by atoms with van der Waals surface area (Å²) in [6, 6.07) is 14.6. The summed E-state index contributed by atoms with van der Waals surface area (Å²) in [5, 5.41) is 0. The van der Waals surface area contributed by atoms with Crippen molar-refractivity contribution in [3.8, 4) is 11.5 Å². The van der Waals surface area contributed by atoms with Gasteiger partial charge in [-0.2, -0.15) is 8.42 Å². The summed E-state index contributed by atoms with van der Waals surface area (Å²) in [6.07, 6.45) is 10.4. The van der Waals surface area contributed by atoms with Crippen LogP contribution in [-0.2, 0) is 25.6 Å². The Hall–Kier alpha value is -2.84. The molecule has 4 aliphatic rings. The molecule has 2 aromatic carbocycles. The van der Waals surface area contributed by atoms with E-state index in [4.69, 9.17) is 13.7 Å². The van der Waals surface area contributed by atoms with Crippen LogP contribution >= 0.6 is 0 Å². The molecule has 2 unspecified atom stereocenters. The molecule has 3 saturated carbocycles. The standard InChI is InChI=1S/C34H43NO6S/c1-33-19-17-30-28(29(33)15-7-24(33)22-41-42(37,38)27-12-10-26(40-4)11-13-27)14-16-31-34(30,2)20-18-32(36)35(31)21-23-5-8-25(39-3)9-6-23/h5-6,8-13,18,20,24,28-31H,7,14-17,19,21-22H2,1-4H3/t24-,28?,29+,30?,31-,33-,34-/m1/s1. The molecule has 7 nitrogen and oxygen atoms in total. The van der Waals surface area contributed by atoms with Crippen molar-refractivity contribution in [2.45, 2.75) is 69.9 Å². The van der Waals surface area contributed by atoms with Crippen LogP contribution in [0.1, 0.15) is 57.9 Å². The van der Waals surface area contributed by atoms with Gasteiger partial charge in [-0.1, -0.05) is 32.1 Å². The van der Waals surface area contributed by atoms with Crippen molar-refractivity contribution >= 4 is 16.0 Å². The molecule has 1 aliphatic heterocycles. The lowest BCUT2D eigenvalue weighted by Crippen LogP contribution is -2.60. The first-order valence-corrected chi connectivity index (χ1v) is 16.7. The topological polar surface area (TPSA) is 82.1 Å². The highest BCUT2D eigenvalue weighted by Gasteiger charge is 2.60. The molecule has 0 N–H and O–H groups in total. The Morgan fingerprint density at radius 2 is 1.52 bits per heavy atom. The fourth-order valence-corrected chi connectivity index (χ4v) is 10.0. The second kappa shape index (κ2) is 11.0. The zero-order chi connectivity index (χ0) is 29.7. The molecular weight excluding hydrogens is 550 g/mol. The van der Waals surface area contributed by atoms with Crippen LogP contribution in [-0.4, -0.2) is 46.1 Å². The summed E-state index contributed by atoms with van der Waals surface area (Å²) in [4.78, 5) is 15.4. The van der Waals surface area contributed by atoms with Gasteiger partial charge in [-0.25, -0.2) is 0 Å². The van der Waals surface area contributed by atoms with Crippen LogP contribution in [0, 0.1) is 34.5 Å². The van der Waals surface area contributed by atoms with Gasteiger partial charge >= 0.3 is 0 Å². The van der Waals surface area contributed by atoms with Gasteiger partial charge in [0.05, 0.1) is 25.7 Å². The van der Waals surface area contributed by atoms with Crippen molar-refractivity contribution in [2.75, 3.05) is 20.8 Å². The summed E-state index contributed by atoms with van der Waals surface area (Å²) < 4.78 is 42.2. The third-order valence-corrected chi connectivity index (χ3v) is 12.7. The van der Waals surface area contributed by atoms with Crippen LogP contribution in [0.2, 0.25) is 0 Å². The summed E-state index contributed by atoms with van der Waals surface area (Å²) in [7, 11) is -0.616. The number of fused-ring (bicyclic) bond motifs is 5. The van der Waals surface area contributed by atoms with Gasteiger partial charge in [0.25, 0.3) is 10.1 Å². The molecule has 1 heterocycles. The number of ether oxygens (including phenoxy) is 2. The minimum absolute atomic E-state index is 0.0524. The first kappa shape index (κ1) is 29.2. The van der Waals surface area contributed by atoms with Gasteiger partial charge in [0.2, 0.25) is 5.91 Å². The Balaban J connectivity index is 1.16. The molecule has 8 heteroatoms. The molecule has 7 atom stereocenters. The van der Waals surface area contributed by atoms with Crippen LogP contribution in [0.3, 0.4) is 0 Å². The smallest absolute Gasteiger partial charge is 0.296 e. The Bertz CT molecular complexity index is 1440. The van der Waals surface area contributed by atoms with E-state index >= 15 is 0 Å². The highest BCUT2D eigenvalue weighted by molar-refractivity contribution is 7.86. The van der Waals surface area contributed by atoms with Gasteiger partial charge in [-0.05, 0) is 116 Å². The second-order valence-electron chi connectivity index (χ2n) is 13.2. The van der Waals surface area contributed by atoms with Gasteiger partial charge in [-0.3, -0.25) is 8.98 Å². The quantitative estimate of drug-likeness (QED) is 0.337. The lowest BCUT2D eigenvalue weighted by atomic mass is 9.47. The Morgan fingerprint density at radius 3 is 2.19 bits per heavy atom. The Labute approximate surface area is 250 Å². The normalized spacial score (nSPS) is 34.0. The summed E-state index contributed by atoms with van der Waals surface area (Å²) in [6.45, 7) is 5.58. The lowest BCUT2D eigenvalue weighted by Gasteiger charge is -2.60. The molecule has 0 bridgehead atoms. The van der Waals surface area contributed by atoms with Crippen molar-refractivity contribution in [1.82, 2.24) is 4.90 Å². The molecule has 3 aliphatic carbocycles. The number of benzene rings is 2. The molecule has 3 fully saturated rings. The third kappa shape index (κ3) is 4.94. The average molecular weight is 594 g/mol. The van der Waals surface area contributed by atoms with Gasteiger partial charge in [0, 0.05) is 18.0 Å². The third-order valence-electron chi connectivity index (χ3n) is 11.5. The zero-order valence-electron chi connectivity index (χ0n) is 25.1. The van der Waals surface area contributed by atoms with Crippen molar-refractivity contribution in [3.63, 3.8) is 0 Å². The fraction of sp³-hybridized carbons (Fsp3) is 0.559. The first-order chi connectivity index (χ1) is 20.1. The molecule has 226 valence electrons. The van der Waals surface area contributed by atoms with Gasteiger partial charge in [0.15, 0.2) is 0 Å². The highest BCUT2D eigenvalue weighted by Crippen LogP contribution is 2.65. The van der Waals surface area contributed by atoms with Crippen LogP contribution in [0.25, 0.3) is 0 Å². The second-order valence-corrected chi connectivity index (χ2v) is 14.8. The molecular formula is C34H43NO6S. The largest absolute Gasteiger partial charge is 0.497 e. The van der Waals surface area contributed by atoms with Crippen molar-refractivity contribution in [2.24, 2.45) is 34.5 Å². The van der Waals surface area contributed by atoms with Crippen LogP contribution in [0.15, 0.2) is 65.6 Å². The molecule has 0 spiro atoms. The van der Waals surface area contributed by atoms with E-state index in [-0.39, 0.29) is 40.2 Å². The predicted octanol–water partition coefficient (Wildman–Crippen LogP) is 6.24. The van der Waals surface area contributed by atoms with Gasteiger partial charge < -0.3 is 14.4 Å². The first-order valence-electron chi connectivity index (χ1n) is 15.3. The predicted molar refractivity (Wildman–Crippen MR) is 160 cm³/mol. The Morgan fingerprint density at radius 1 is 0.857 bits per heavy atom. The maximum Gasteiger partial charge on any atom is 0.296 e. The number of nitrogens with zero attached hydrogens (tertiary/aromatic N) is 1. The number of hydrogen-bond donors (Lipinski definition) is 0. The van der Waals surface area contributed by atoms with E-state index in [9.17, 15) is 13.2 Å². The minimum Gasteiger partial charge on any atom is -0.497 e. The molecule has 0 radical (unpaired) electrons. The fourth-order valence-electron chi connectivity index (χ4n) is 9.08. The number of hydrogen-bond acceptors (Lipinski definition) is 6. The Kier molecular flexibility index (Phi) is 7.67. The monoisotopic (exact) mass is 593 g/mol. The summed E-state index contributed by atoms with van der Waals surface area (Å²) in [5.41, 5.74) is 1.09. The van der Waals surface area contributed by atoms with E-state index in [1.807, 2.05) is 18.2 Å². The molecule has 0 saturated heterocycles. The van der Waals surface area contributed by atoms with E-state index in [1.54, 1.807) is 26.4 Å². The average Bonchev–Trinajstić information content (AvgIpc) is 3.34. The van der Waals surface area contributed by atoms with E-state index in [0.717, 1.165) is 49.8 Å². The van der Waals surface area contributed by atoms with E-state index in [0.29, 0.717) is 30.0 Å². The van der Waals surface area contributed by atoms with Crippen LogP contribution in [0.4, 0.5) is 0 Å². The molecule has 42 heavy (non-hydrogen) atoms. The maximum absolute atomic E-state index is 13.2. The number of carbonyl (C=O) groups excluding carboxylic acids is 1. The number of carbonyl (C=O) groups is 1. The molecule has 1 amide bonds.